The molecule has 0 spiro atoms. The Balaban J connectivity index is 1.68. The van der Waals surface area contributed by atoms with Crippen molar-refractivity contribution in [3.8, 4) is 17.2 Å². The van der Waals surface area contributed by atoms with E-state index < -0.39 is 17.7 Å². The van der Waals surface area contributed by atoms with Gasteiger partial charge in [-0.05, 0) is 35.9 Å². The lowest BCUT2D eigenvalue weighted by atomic mass is 10.1. The minimum Gasteiger partial charge on any atom is -0.493 e. The van der Waals surface area contributed by atoms with E-state index in [2.05, 4.69) is 16.2 Å². The van der Waals surface area contributed by atoms with Gasteiger partial charge in [-0.15, -0.1) is 0 Å². The van der Waals surface area contributed by atoms with Crippen molar-refractivity contribution in [1.82, 2.24) is 10.9 Å². The number of hydrazine groups is 1. The van der Waals surface area contributed by atoms with E-state index in [4.69, 9.17) is 14.2 Å². The van der Waals surface area contributed by atoms with Gasteiger partial charge >= 0.3 is 0 Å². The highest BCUT2D eigenvalue weighted by Gasteiger charge is 2.18. The Bertz CT molecular complexity index is 1220. The molecule has 3 N–H and O–H groups in total. The lowest BCUT2D eigenvalue weighted by molar-refractivity contribution is -0.111. The molecule has 3 aromatic carbocycles. The van der Waals surface area contributed by atoms with Crippen molar-refractivity contribution in [3.05, 3.63) is 89.5 Å². The van der Waals surface area contributed by atoms with Crippen molar-refractivity contribution in [2.45, 2.75) is 0 Å². The van der Waals surface area contributed by atoms with E-state index in [-0.39, 0.29) is 16.8 Å². The normalized spacial score (nSPS) is 10.4. The largest absolute Gasteiger partial charge is 0.493 e. The smallest absolute Gasteiger partial charge is 0.271 e. The number of methoxy groups -OCH3 is 3. The molecule has 9 heteroatoms. The predicted molar refractivity (Wildman–Crippen MR) is 132 cm³/mol. The molecule has 3 aromatic rings. The Labute approximate surface area is 202 Å². The molecule has 180 valence electrons. The first-order valence-corrected chi connectivity index (χ1v) is 10.5. The van der Waals surface area contributed by atoms with E-state index in [1.54, 1.807) is 24.3 Å². The zero-order chi connectivity index (χ0) is 25.2. The first-order chi connectivity index (χ1) is 17.0. The summed E-state index contributed by atoms with van der Waals surface area (Å²) < 4.78 is 15.7. The molecular weight excluding hydrogens is 450 g/mol. The minimum absolute atomic E-state index is 0.166. The zero-order valence-corrected chi connectivity index (χ0v) is 19.5. The van der Waals surface area contributed by atoms with Crippen molar-refractivity contribution in [1.29, 1.82) is 0 Å². The highest BCUT2D eigenvalue weighted by molar-refractivity contribution is 6.08. The molecule has 35 heavy (non-hydrogen) atoms. The molecule has 0 heterocycles. The average molecular weight is 476 g/mol. The second-order valence-corrected chi connectivity index (χ2v) is 7.10. The van der Waals surface area contributed by atoms with Crippen molar-refractivity contribution in [2.24, 2.45) is 0 Å². The maximum Gasteiger partial charge on any atom is 0.271 e. The Morgan fingerprint density at radius 1 is 0.743 bits per heavy atom. The Morgan fingerprint density at radius 2 is 1.34 bits per heavy atom. The van der Waals surface area contributed by atoms with Crippen molar-refractivity contribution < 1.29 is 28.6 Å². The van der Waals surface area contributed by atoms with Gasteiger partial charge in [-0.1, -0.05) is 42.5 Å². The summed E-state index contributed by atoms with van der Waals surface area (Å²) in [5.41, 5.74) is 6.19. The van der Waals surface area contributed by atoms with Gasteiger partial charge in [0.1, 0.15) is 0 Å². The number of para-hydroxylation sites is 1. The number of carbonyl (C=O) groups excluding carboxylic acids is 3. The van der Waals surface area contributed by atoms with Gasteiger partial charge in [-0.2, -0.15) is 0 Å². The average Bonchev–Trinajstić information content (AvgIpc) is 2.90. The monoisotopic (exact) mass is 475 g/mol. The third kappa shape index (κ3) is 6.38. The number of anilines is 1. The summed E-state index contributed by atoms with van der Waals surface area (Å²) in [6.07, 6.45) is 3.03. The van der Waals surface area contributed by atoms with Crippen LogP contribution >= 0.6 is 0 Å². The van der Waals surface area contributed by atoms with Crippen LogP contribution in [0.5, 0.6) is 17.2 Å². The molecule has 0 atom stereocenters. The third-order valence-corrected chi connectivity index (χ3v) is 4.87. The van der Waals surface area contributed by atoms with Gasteiger partial charge in [0.25, 0.3) is 11.8 Å². The maximum absolute atomic E-state index is 12.7. The zero-order valence-electron chi connectivity index (χ0n) is 19.5. The van der Waals surface area contributed by atoms with Crippen LogP contribution in [-0.2, 0) is 4.79 Å². The lowest BCUT2D eigenvalue weighted by Gasteiger charge is -2.15. The molecule has 3 rings (SSSR count). The number of rotatable bonds is 8. The van der Waals surface area contributed by atoms with E-state index in [9.17, 15) is 14.4 Å². The summed E-state index contributed by atoms with van der Waals surface area (Å²) in [5, 5.41) is 2.68. The van der Waals surface area contributed by atoms with E-state index in [1.165, 1.54) is 45.6 Å². The van der Waals surface area contributed by atoms with Crippen LogP contribution < -0.4 is 30.4 Å². The van der Waals surface area contributed by atoms with Gasteiger partial charge < -0.3 is 19.5 Å². The highest BCUT2D eigenvalue weighted by atomic mass is 16.5. The van der Waals surface area contributed by atoms with Gasteiger partial charge in [-0.3, -0.25) is 25.2 Å². The number of amides is 3. The van der Waals surface area contributed by atoms with Gasteiger partial charge in [0.2, 0.25) is 11.7 Å². The van der Waals surface area contributed by atoms with Crippen LogP contribution in [0.3, 0.4) is 0 Å². The molecule has 9 nitrogen and oxygen atoms in total. The Kier molecular flexibility index (Phi) is 8.44. The summed E-state index contributed by atoms with van der Waals surface area (Å²) >= 11 is 0. The first-order valence-electron chi connectivity index (χ1n) is 10.5. The number of benzene rings is 3. The van der Waals surface area contributed by atoms with Gasteiger partial charge in [0.05, 0.1) is 32.6 Å². The number of nitrogens with one attached hydrogen (secondary N) is 3. The standard InChI is InChI=1S/C26H25N3O6/c1-33-21-15-18(16-22(34-2)24(21)35-3)25(31)28-29-26(32)19-11-7-8-12-20(19)27-23(30)14-13-17-9-5-4-6-10-17/h4-16H,1-3H3,(H,27,30)(H,28,31)(H,29,32)/b14-13+. The molecule has 3 amide bonds. The second kappa shape index (κ2) is 11.9. The number of carbonyl (C=O) groups is 3. The van der Waals surface area contributed by atoms with E-state index in [0.717, 1.165) is 5.56 Å². The molecule has 0 radical (unpaired) electrons. The van der Waals surface area contributed by atoms with Crippen LogP contribution in [0.2, 0.25) is 0 Å². The molecule has 0 fully saturated rings. The molecule has 0 saturated carbocycles. The fourth-order valence-electron chi connectivity index (χ4n) is 3.17. The SMILES string of the molecule is COc1cc(C(=O)NNC(=O)c2ccccc2NC(=O)/C=C/c2ccccc2)cc(OC)c1OC. The Hall–Kier alpha value is -4.79. The fraction of sp³-hybridized carbons (Fsp3) is 0.115. The molecule has 0 bridgehead atoms. The van der Waals surface area contributed by atoms with Crippen LogP contribution in [0.15, 0.2) is 72.8 Å². The van der Waals surface area contributed by atoms with Gasteiger partial charge in [0, 0.05) is 11.6 Å². The van der Waals surface area contributed by atoms with Gasteiger partial charge in [0.15, 0.2) is 11.5 Å². The topological polar surface area (TPSA) is 115 Å². The summed E-state index contributed by atoms with van der Waals surface area (Å²) in [6, 6.07) is 18.7. The molecule has 0 aliphatic heterocycles. The summed E-state index contributed by atoms with van der Waals surface area (Å²) in [7, 11) is 4.32. The Morgan fingerprint density at radius 3 is 1.97 bits per heavy atom. The first kappa shape index (κ1) is 24.8. The van der Waals surface area contributed by atoms with Crippen molar-refractivity contribution in [3.63, 3.8) is 0 Å². The molecule has 0 aliphatic carbocycles. The van der Waals surface area contributed by atoms with Crippen molar-refractivity contribution >= 4 is 29.5 Å². The number of hydrogen-bond acceptors (Lipinski definition) is 6. The van der Waals surface area contributed by atoms with Crippen LogP contribution in [0, 0.1) is 0 Å². The van der Waals surface area contributed by atoms with Crippen LogP contribution in [0.4, 0.5) is 5.69 Å². The van der Waals surface area contributed by atoms with Crippen LogP contribution in [-0.4, -0.2) is 39.1 Å². The maximum atomic E-state index is 12.7. The van der Waals surface area contributed by atoms with E-state index in [1.807, 2.05) is 30.3 Å². The molecular formula is C26H25N3O6. The molecule has 0 unspecified atom stereocenters. The predicted octanol–water partition coefficient (Wildman–Crippen LogP) is 3.44. The van der Waals surface area contributed by atoms with Gasteiger partial charge in [-0.25, -0.2) is 0 Å². The second-order valence-electron chi connectivity index (χ2n) is 7.10. The van der Waals surface area contributed by atoms with E-state index in [0.29, 0.717) is 17.2 Å². The number of hydrogen-bond donors (Lipinski definition) is 3. The summed E-state index contributed by atoms with van der Waals surface area (Å²) in [6.45, 7) is 0. The summed E-state index contributed by atoms with van der Waals surface area (Å²) in [4.78, 5) is 37.7. The minimum atomic E-state index is -0.617. The molecule has 0 aromatic heterocycles. The number of ether oxygens (including phenoxy) is 3. The van der Waals surface area contributed by atoms with Crippen molar-refractivity contribution in [2.75, 3.05) is 26.6 Å². The molecule has 0 saturated heterocycles. The van der Waals surface area contributed by atoms with Crippen LogP contribution in [0.25, 0.3) is 6.08 Å². The quantitative estimate of drug-likeness (QED) is 0.340. The summed E-state index contributed by atoms with van der Waals surface area (Å²) in [5.74, 6) is -0.712. The van der Waals surface area contributed by atoms with E-state index >= 15 is 0 Å². The lowest BCUT2D eigenvalue weighted by Crippen LogP contribution is -2.41. The fourth-order valence-corrected chi connectivity index (χ4v) is 3.17. The third-order valence-electron chi connectivity index (χ3n) is 4.87. The molecule has 0 aliphatic rings. The van der Waals surface area contributed by atoms with Crippen LogP contribution in [0.1, 0.15) is 26.3 Å². The highest BCUT2D eigenvalue weighted by Crippen LogP contribution is 2.38.